The fourth-order valence-corrected chi connectivity index (χ4v) is 10.0. The monoisotopic (exact) mass is 751 g/mol. The van der Waals surface area contributed by atoms with Crippen molar-refractivity contribution in [3.05, 3.63) is 88.4 Å². The molecule has 1 aliphatic heterocycles. The van der Waals surface area contributed by atoms with Crippen molar-refractivity contribution in [2.45, 2.75) is 89.8 Å². The van der Waals surface area contributed by atoms with Crippen LogP contribution in [0.5, 0.6) is 5.88 Å². The standard InChI is InChI=1S/C41H47N7O5S.H2/c1-24-10-8-11-25(2)34(24)32-15-33-45-39(44-32)46-54(50,51)30-13-9-12-27(14-30)38(49)48(29(22-53-33)19-41-16-26(17-41)18-41)21-28-20-42-35-31(23-52-7)36(40(3,4)5)47(6)37(35)43-28;/h8-15,20,26,29H,16-19,21-23H2,1-7H3,(H,44,45,46);1H/t26?,29-,41?;/m1./s1. The van der Waals surface area contributed by atoms with Crippen LogP contribution < -0.4 is 9.46 Å². The van der Waals surface area contributed by atoms with Crippen molar-refractivity contribution in [3.63, 3.8) is 0 Å². The second-order valence-corrected chi connectivity index (χ2v) is 18.2. The number of aryl methyl sites for hydroxylation is 3. The molecule has 4 heterocycles. The Balaban J connectivity index is 0.00000465. The molecule has 0 saturated heterocycles. The van der Waals surface area contributed by atoms with Crippen molar-refractivity contribution in [1.82, 2.24) is 29.4 Å². The van der Waals surface area contributed by atoms with Gasteiger partial charge in [-0.3, -0.25) is 9.78 Å². The zero-order chi connectivity index (χ0) is 38.2. The molecule has 5 aromatic rings. The zero-order valence-corrected chi connectivity index (χ0v) is 32.7. The van der Waals surface area contributed by atoms with Crippen LogP contribution >= 0.6 is 0 Å². The molecule has 1 N–H and O–H groups in total. The third-order valence-electron chi connectivity index (χ3n) is 11.4. The lowest BCUT2D eigenvalue weighted by atomic mass is 9.43. The lowest BCUT2D eigenvalue weighted by Gasteiger charge is -2.63. The third-order valence-corrected chi connectivity index (χ3v) is 12.7. The van der Waals surface area contributed by atoms with E-state index in [4.69, 9.17) is 19.4 Å². The highest BCUT2D eigenvalue weighted by atomic mass is 32.2. The minimum absolute atomic E-state index is 0. The first-order chi connectivity index (χ1) is 25.6. The van der Waals surface area contributed by atoms with Crippen molar-refractivity contribution >= 4 is 33.0 Å². The minimum atomic E-state index is -4.19. The summed E-state index contributed by atoms with van der Waals surface area (Å²) in [5.74, 6) is 0.532. The van der Waals surface area contributed by atoms with Gasteiger partial charge in [-0.1, -0.05) is 45.0 Å². The van der Waals surface area contributed by atoms with Crippen LogP contribution in [0.4, 0.5) is 5.95 Å². The summed E-state index contributed by atoms with van der Waals surface area (Å²) in [6, 6.07) is 13.5. The van der Waals surface area contributed by atoms with Crippen LogP contribution in [0.15, 0.2) is 59.6 Å². The second kappa shape index (κ2) is 13.2. The summed E-state index contributed by atoms with van der Waals surface area (Å²) < 4.78 is 44.5. The molecule has 0 spiro atoms. The Morgan fingerprint density at radius 3 is 2.43 bits per heavy atom. The SMILES string of the molecule is COCc1c(C(C)(C)C)n(C)c2nc(CN3C(=O)c4cccc(c4)S(=O)(=O)Nc4nc(cc(-c5c(C)cccc5C)n4)OC[C@H]3CC34CC(C3)C4)cnc12.[HH]. The molecule has 3 saturated carbocycles. The maximum absolute atomic E-state index is 14.8. The van der Waals surface area contributed by atoms with Gasteiger partial charge in [-0.25, -0.2) is 23.1 Å². The van der Waals surface area contributed by atoms with Gasteiger partial charge in [0.2, 0.25) is 11.8 Å². The van der Waals surface area contributed by atoms with Gasteiger partial charge in [-0.15, -0.1) is 0 Å². The van der Waals surface area contributed by atoms with Crippen LogP contribution in [0.3, 0.4) is 0 Å². The summed E-state index contributed by atoms with van der Waals surface area (Å²) >= 11 is 0. The van der Waals surface area contributed by atoms with Gasteiger partial charge < -0.3 is 18.9 Å². The van der Waals surface area contributed by atoms with Crippen molar-refractivity contribution < 1.29 is 24.1 Å². The number of carbonyl (C=O) groups is 1. The van der Waals surface area contributed by atoms with E-state index < -0.39 is 10.0 Å². The molecule has 2 aromatic carbocycles. The number of anilines is 1. The maximum Gasteiger partial charge on any atom is 0.264 e. The number of nitrogens with one attached hydrogen (secondary N) is 1. The number of fused-ring (bicyclic) bond motifs is 5. The maximum atomic E-state index is 14.8. The number of ether oxygens (including phenoxy) is 2. The van der Waals surface area contributed by atoms with Gasteiger partial charge >= 0.3 is 0 Å². The first kappa shape index (κ1) is 36.1. The predicted molar refractivity (Wildman–Crippen MR) is 208 cm³/mol. The van der Waals surface area contributed by atoms with E-state index in [9.17, 15) is 13.2 Å². The van der Waals surface area contributed by atoms with Gasteiger partial charge in [-0.05, 0) is 80.2 Å². The smallest absolute Gasteiger partial charge is 0.264 e. The lowest BCUT2D eigenvalue weighted by Crippen LogP contribution is -2.56. The van der Waals surface area contributed by atoms with Crippen LogP contribution in [0, 0.1) is 25.2 Å². The average Bonchev–Trinajstić information content (AvgIpc) is 3.36. The van der Waals surface area contributed by atoms with Gasteiger partial charge in [0.05, 0.1) is 41.7 Å². The normalized spacial score (nSPS) is 21.9. The van der Waals surface area contributed by atoms with Crippen molar-refractivity contribution in [1.29, 1.82) is 0 Å². The molecule has 13 heteroatoms. The van der Waals surface area contributed by atoms with Crippen LogP contribution in [0.25, 0.3) is 22.4 Å². The Bertz CT molecular complexity index is 2390. The molecule has 54 heavy (non-hydrogen) atoms. The number of methoxy groups -OCH3 is 1. The largest absolute Gasteiger partial charge is 0.475 e. The summed E-state index contributed by atoms with van der Waals surface area (Å²) in [4.78, 5) is 35.8. The second-order valence-electron chi connectivity index (χ2n) is 16.5. The minimum Gasteiger partial charge on any atom is -0.475 e. The highest BCUT2D eigenvalue weighted by Crippen LogP contribution is 2.67. The van der Waals surface area contributed by atoms with Gasteiger partial charge in [0.25, 0.3) is 15.9 Å². The lowest BCUT2D eigenvalue weighted by molar-refractivity contribution is -0.126. The Morgan fingerprint density at radius 1 is 1.04 bits per heavy atom. The molecule has 3 aliphatic carbocycles. The predicted octanol–water partition coefficient (Wildman–Crippen LogP) is 7.13. The van der Waals surface area contributed by atoms with E-state index in [1.807, 2.05) is 39.1 Å². The number of nitrogens with zero attached hydrogens (tertiary/aromatic N) is 6. The van der Waals surface area contributed by atoms with Gasteiger partial charge in [0.1, 0.15) is 12.1 Å². The highest BCUT2D eigenvalue weighted by Gasteiger charge is 2.57. The van der Waals surface area contributed by atoms with Gasteiger partial charge in [-0.2, -0.15) is 4.98 Å². The van der Waals surface area contributed by atoms with E-state index in [0.717, 1.165) is 65.1 Å². The molecule has 3 fully saturated rings. The number of hydrogen-bond acceptors (Lipinski definition) is 9. The summed E-state index contributed by atoms with van der Waals surface area (Å²) in [6.45, 7) is 11.1. The number of sulfonamides is 1. The number of benzene rings is 2. The van der Waals surface area contributed by atoms with E-state index in [1.54, 1.807) is 36.4 Å². The number of hydrogen-bond donors (Lipinski definition) is 1. The molecule has 9 rings (SSSR count). The number of rotatable bonds is 7. The Labute approximate surface area is 317 Å². The van der Waals surface area contributed by atoms with Gasteiger partial charge in [0, 0.05) is 49.4 Å². The summed E-state index contributed by atoms with van der Waals surface area (Å²) in [7, 11) is -0.524. The topological polar surface area (TPSA) is 141 Å². The van der Waals surface area contributed by atoms with Gasteiger partial charge in [0.15, 0.2) is 5.65 Å². The molecule has 0 radical (unpaired) electrons. The quantitative estimate of drug-likeness (QED) is 0.184. The first-order valence-electron chi connectivity index (χ1n) is 18.5. The molecule has 1 atom stereocenters. The molecule has 1 amide bonds. The first-order valence-corrected chi connectivity index (χ1v) is 20.0. The zero-order valence-electron chi connectivity index (χ0n) is 31.9. The highest BCUT2D eigenvalue weighted by molar-refractivity contribution is 7.92. The number of aromatic nitrogens is 5. The van der Waals surface area contributed by atoms with E-state index >= 15 is 0 Å². The van der Waals surface area contributed by atoms with Crippen molar-refractivity contribution in [2.24, 2.45) is 18.4 Å². The average molecular weight is 752 g/mol. The summed E-state index contributed by atoms with van der Waals surface area (Å²) in [6.07, 6.45) is 5.86. The van der Waals surface area contributed by atoms with Crippen molar-refractivity contribution in [3.8, 4) is 17.1 Å². The van der Waals surface area contributed by atoms with Crippen LogP contribution in [0.2, 0.25) is 0 Å². The van der Waals surface area contributed by atoms with Crippen molar-refractivity contribution in [2.75, 3.05) is 18.4 Å². The number of amides is 1. The molecular formula is C41H49N7O5S. The molecule has 0 unspecified atom stereocenters. The Hall–Kier alpha value is -4.88. The molecular weight excluding hydrogens is 703 g/mol. The van der Waals surface area contributed by atoms with E-state index in [2.05, 4.69) is 40.0 Å². The van der Waals surface area contributed by atoms with E-state index in [0.29, 0.717) is 23.6 Å². The third kappa shape index (κ3) is 6.40. The van der Waals surface area contributed by atoms with E-state index in [1.165, 1.54) is 12.1 Å². The molecule has 3 aromatic heterocycles. The molecule has 6 bridgehead atoms. The molecule has 4 aliphatic rings. The van der Waals surface area contributed by atoms with E-state index in [-0.39, 0.29) is 59.6 Å². The Kier molecular flexibility index (Phi) is 8.80. The Morgan fingerprint density at radius 2 is 1.76 bits per heavy atom. The number of carbonyl (C=O) groups excluding carboxylic acids is 1. The summed E-state index contributed by atoms with van der Waals surface area (Å²) in [5.41, 5.74) is 7.73. The summed E-state index contributed by atoms with van der Waals surface area (Å²) in [5, 5.41) is 0. The van der Waals surface area contributed by atoms with Crippen LogP contribution in [0.1, 0.15) is 86.3 Å². The molecule has 12 nitrogen and oxygen atoms in total. The fourth-order valence-electron chi connectivity index (χ4n) is 9.02. The van der Waals surface area contributed by atoms with Crippen LogP contribution in [-0.4, -0.2) is 63.5 Å². The molecule has 284 valence electrons. The van der Waals surface area contributed by atoms with Crippen LogP contribution in [-0.2, 0) is 40.4 Å². The fraction of sp³-hybridized carbons (Fsp3) is 0.439.